The van der Waals surface area contributed by atoms with Crippen LogP contribution < -0.4 is 5.32 Å². The van der Waals surface area contributed by atoms with E-state index in [1.54, 1.807) is 0 Å². The summed E-state index contributed by atoms with van der Waals surface area (Å²) in [6.07, 6.45) is -4.32. The van der Waals surface area contributed by atoms with Gasteiger partial charge in [-0.05, 0) is 37.1 Å². The molecular weight excluding hydrogens is 481 g/mol. The minimum atomic E-state index is -4.76. The molecule has 1 aliphatic rings. The summed E-state index contributed by atoms with van der Waals surface area (Å²) in [5.74, 6) is -6.05. The lowest BCUT2D eigenvalue weighted by Crippen LogP contribution is -2.25. The molecule has 0 unspecified atom stereocenters. The Morgan fingerprint density at radius 1 is 1.09 bits per heavy atom. The maximum Gasteiger partial charge on any atom is 0.433 e. The molecule has 0 atom stereocenters. The van der Waals surface area contributed by atoms with E-state index in [9.17, 15) is 35.5 Å². The zero-order valence-electron chi connectivity index (χ0n) is 18.3. The average molecular weight is 500 g/mol. The van der Waals surface area contributed by atoms with E-state index in [2.05, 4.69) is 15.4 Å². The molecule has 1 aliphatic carbocycles. The fourth-order valence-corrected chi connectivity index (χ4v) is 4.18. The van der Waals surface area contributed by atoms with Crippen molar-refractivity contribution in [3.05, 3.63) is 65.2 Å². The first-order valence-electron chi connectivity index (χ1n) is 10.6. The molecule has 2 aromatic heterocycles. The zero-order valence-corrected chi connectivity index (χ0v) is 18.3. The summed E-state index contributed by atoms with van der Waals surface area (Å²) in [6, 6.07) is 4.52. The summed E-state index contributed by atoms with van der Waals surface area (Å²) in [6.45, 7) is 0. The van der Waals surface area contributed by atoms with Crippen LogP contribution in [0.4, 0.5) is 36.4 Å². The fraction of sp³-hybridized carbons (Fsp3) is 0.348. The third-order valence-corrected chi connectivity index (χ3v) is 5.94. The second-order valence-electron chi connectivity index (χ2n) is 8.36. The van der Waals surface area contributed by atoms with Crippen molar-refractivity contribution in [3.63, 3.8) is 0 Å². The fourth-order valence-electron chi connectivity index (χ4n) is 4.18. The third-order valence-electron chi connectivity index (χ3n) is 5.94. The first-order chi connectivity index (χ1) is 16.4. The molecule has 1 amide bonds. The predicted molar refractivity (Wildman–Crippen MR) is 112 cm³/mol. The van der Waals surface area contributed by atoms with E-state index in [4.69, 9.17) is 0 Å². The third kappa shape index (κ3) is 5.15. The van der Waals surface area contributed by atoms with Gasteiger partial charge in [0.1, 0.15) is 17.3 Å². The van der Waals surface area contributed by atoms with Crippen LogP contribution in [0.25, 0.3) is 11.1 Å². The lowest BCUT2D eigenvalue weighted by Gasteiger charge is -2.29. The van der Waals surface area contributed by atoms with Gasteiger partial charge in [0.25, 0.3) is 5.91 Å². The second-order valence-corrected chi connectivity index (χ2v) is 8.36. The molecule has 186 valence electrons. The number of hydrogen-bond acceptors (Lipinski definition) is 3. The molecule has 1 saturated carbocycles. The highest BCUT2D eigenvalue weighted by molar-refractivity contribution is 6.05. The molecule has 5 nitrogen and oxygen atoms in total. The van der Waals surface area contributed by atoms with E-state index < -0.39 is 59.8 Å². The summed E-state index contributed by atoms with van der Waals surface area (Å²) in [5, 5.41) is 6.03. The zero-order chi connectivity index (χ0) is 25.5. The number of aromatic nitrogens is 3. The average Bonchev–Trinajstić information content (AvgIpc) is 3.18. The number of nitrogens with zero attached hydrogens (tertiary/aromatic N) is 3. The predicted octanol–water partition coefficient (Wildman–Crippen LogP) is 6.32. The monoisotopic (exact) mass is 500 g/mol. The van der Waals surface area contributed by atoms with Crippen LogP contribution in [0.15, 0.2) is 36.5 Å². The van der Waals surface area contributed by atoms with Gasteiger partial charge in [-0.15, -0.1) is 0 Å². The molecule has 0 aliphatic heterocycles. The number of amides is 1. The number of anilines is 1. The number of nitrogens with one attached hydrogen (secondary N) is 1. The second kappa shape index (κ2) is 8.97. The van der Waals surface area contributed by atoms with Crippen LogP contribution in [0, 0.1) is 11.6 Å². The maximum absolute atomic E-state index is 14.6. The first kappa shape index (κ1) is 24.7. The number of benzene rings is 1. The number of carbonyl (C=O) groups excluding carboxylic acids is 1. The van der Waals surface area contributed by atoms with E-state index in [0.717, 1.165) is 25.2 Å². The van der Waals surface area contributed by atoms with Crippen molar-refractivity contribution >= 4 is 11.6 Å². The van der Waals surface area contributed by atoms with Gasteiger partial charge in [-0.2, -0.15) is 18.3 Å². The molecule has 12 heteroatoms. The lowest BCUT2D eigenvalue weighted by molar-refractivity contribution is -0.143. The number of alkyl halides is 5. The van der Waals surface area contributed by atoms with Crippen molar-refractivity contribution < 1.29 is 35.5 Å². The maximum atomic E-state index is 14.6. The molecule has 0 spiro atoms. The normalized spacial score (nSPS) is 16.3. The summed E-state index contributed by atoms with van der Waals surface area (Å²) in [5.41, 5.74) is -1.92. The van der Waals surface area contributed by atoms with Gasteiger partial charge in [-0.25, -0.2) is 17.6 Å². The largest absolute Gasteiger partial charge is 0.433 e. The highest BCUT2D eigenvalue weighted by Gasteiger charge is 2.38. The Labute approximate surface area is 195 Å². The molecule has 0 radical (unpaired) electrons. The number of pyridine rings is 1. The molecule has 0 bridgehead atoms. The van der Waals surface area contributed by atoms with Crippen molar-refractivity contribution in [2.45, 2.75) is 43.7 Å². The number of hydrogen-bond donors (Lipinski definition) is 1. The molecule has 1 fully saturated rings. The molecule has 35 heavy (non-hydrogen) atoms. The number of carbonyl (C=O) groups is 1. The van der Waals surface area contributed by atoms with Gasteiger partial charge in [0, 0.05) is 49.2 Å². The van der Waals surface area contributed by atoms with Crippen molar-refractivity contribution in [2.75, 3.05) is 5.32 Å². The van der Waals surface area contributed by atoms with Gasteiger partial charge in [-0.1, -0.05) is 0 Å². The number of rotatable bonds is 4. The SMILES string of the molecule is Cn1nc(C(=O)Nc2c(-c3cc(F)ccc3F)ccnc2C2CCC(F)(F)CC2)cc1C(F)(F)F. The Morgan fingerprint density at radius 2 is 1.77 bits per heavy atom. The standard InChI is InChI=1S/C23H19F7N4O/c1-34-18(23(28,29)30)11-17(33-34)21(35)32-20-14(15-10-13(24)2-3-16(15)25)6-9-31-19(20)12-4-7-22(26,27)8-5-12/h2-3,6,9-12H,4-5,7-8H2,1H3,(H,32,35). The van der Waals surface area contributed by atoms with E-state index in [0.29, 0.717) is 10.7 Å². The molecule has 1 aromatic carbocycles. The summed E-state index contributed by atoms with van der Waals surface area (Å²) in [4.78, 5) is 17.1. The summed E-state index contributed by atoms with van der Waals surface area (Å²) >= 11 is 0. The minimum Gasteiger partial charge on any atom is -0.318 e. The van der Waals surface area contributed by atoms with Crippen molar-refractivity contribution in [2.24, 2.45) is 7.05 Å². The van der Waals surface area contributed by atoms with Crippen LogP contribution in [0.2, 0.25) is 0 Å². The minimum absolute atomic E-state index is 0.00431. The smallest absolute Gasteiger partial charge is 0.318 e. The molecular formula is C23H19F7N4O. The summed E-state index contributed by atoms with van der Waals surface area (Å²) < 4.78 is 95.9. The Morgan fingerprint density at radius 3 is 2.40 bits per heavy atom. The Kier molecular flexibility index (Phi) is 6.32. The molecule has 0 saturated heterocycles. The highest BCUT2D eigenvalue weighted by Crippen LogP contribution is 2.44. The van der Waals surface area contributed by atoms with Gasteiger partial charge < -0.3 is 5.32 Å². The van der Waals surface area contributed by atoms with Gasteiger partial charge in [0.2, 0.25) is 5.92 Å². The van der Waals surface area contributed by atoms with Gasteiger partial charge in [0.05, 0.1) is 11.4 Å². The highest BCUT2D eigenvalue weighted by atomic mass is 19.4. The molecule has 3 aromatic rings. The van der Waals surface area contributed by atoms with Crippen LogP contribution in [-0.4, -0.2) is 26.6 Å². The quantitative estimate of drug-likeness (QED) is 0.427. The van der Waals surface area contributed by atoms with Crippen LogP contribution in [0.3, 0.4) is 0 Å². The van der Waals surface area contributed by atoms with Crippen molar-refractivity contribution in [3.8, 4) is 11.1 Å². The van der Waals surface area contributed by atoms with E-state index in [-0.39, 0.29) is 35.3 Å². The molecule has 2 heterocycles. The van der Waals surface area contributed by atoms with Gasteiger partial charge in [-0.3, -0.25) is 14.5 Å². The topological polar surface area (TPSA) is 59.8 Å². The Hall–Kier alpha value is -3.44. The Bertz CT molecular complexity index is 1260. The molecule has 4 rings (SSSR count). The number of halogens is 7. The van der Waals surface area contributed by atoms with E-state index in [1.165, 1.54) is 12.3 Å². The van der Waals surface area contributed by atoms with Crippen molar-refractivity contribution in [1.82, 2.24) is 14.8 Å². The van der Waals surface area contributed by atoms with E-state index >= 15 is 0 Å². The van der Waals surface area contributed by atoms with E-state index in [1.807, 2.05) is 0 Å². The molecule has 1 N–H and O–H groups in total. The lowest BCUT2D eigenvalue weighted by atomic mass is 9.83. The van der Waals surface area contributed by atoms with Crippen LogP contribution in [-0.2, 0) is 13.2 Å². The Balaban J connectivity index is 1.79. The van der Waals surface area contributed by atoms with Crippen molar-refractivity contribution in [1.29, 1.82) is 0 Å². The van der Waals surface area contributed by atoms with Crippen LogP contribution in [0.1, 0.15) is 53.5 Å². The van der Waals surface area contributed by atoms with Gasteiger partial charge in [0.15, 0.2) is 5.69 Å². The van der Waals surface area contributed by atoms with Crippen LogP contribution in [0.5, 0.6) is 0 Å². The van der Waals surface area contributed by atoms with Gasteiger partial charge >= 0.3 is 6.18 Å². The summed E-state index contributed by atoms with van der Waals surface area (Å²) in [7, 11) is 1.02. The first-order valence-corrected chi connectivity index (χ1v) is 10.6. The van der Waals surface area contributed by atoms with Crippen LogP contribution >= 0.6 is 0 Å². The number of aryl methyl sites for hydroxylation is 1.